The van der Waals surface area contributed by atoms with E-state index in [9.17, 15) is 9.59 Å². The van der Waals surface area contributed by atoms with Gasteiger partial charge in [-0.05, 0) is 52.2 Å². The molecule has 0 saturated carbocycles. The minimum Gasteiger partial charge on any atom is -0.453 e. The number of ketones is 1. The minimum absolute atomic E-state index is 0.156. The van der Waals surface area contributed by atoms with Crippen LogP contribution in [0.2, 0.25) is 0 Å². The van der Waals surface area contributed by atoms with Crippen LogP contribution >= 0.6 is 0 Å². The third-order valence-corrected chi connectivity index (χ3v) is 4.10. The van der Waals surface area contributed by atoms with E-state index in [0.29, 0.717) is 24.3 Å². The van der Waals surface area contributed by atoms with Crippen molar-refractivity contribution < 1.29 is 18.7 Å². The van der Waals surface area contributed by atoms with Crippen LogP contribution in [0, 0.1) is 0 Å². The van der Waals surface area contributed by atoms with Crippen molar-refractivity contribution in [2.45, 2.75) is 51.7 Å². The summed E-state index contributed by atoms with van der Waals surface area (Å²) in [6.45, 7) is 6.01. The van der Waals surface area contributed by atoms with Gasteiger partial charge in [0.15, 0.2) is 5.76 Å². The molecule has 1 aliphatic heterocycles. The van der Waals surface area contributed by atoms with Gasteiger partial charge in [-0.25, -0.2) is 4.79 Å². The number of rotatable bonds is 2. The average molecular weight is 329 g/mol. The lowest BCUT2D eigenvalue weighted by Crippen LogP contribution is -2.49. The highest BCUT2D eigenvalue weighted by atomic mass is 16.6. The van der Waals surface area contributed by atoms with E-state index in [2.05, 4.69) is 0 Å². The highest BCUT2D eigenvalue weighted by molar-refractivity contribution is 6.02. The Morgan fingerprint density at radius 1 is 1.21 bits per heavy atom. The molecular weight excluding hydrogens is 306 g/mol. The van der Waals surface area contributed by atoms with Crippen LogP contribution in [0.3, 0.4) is 0 Å². The number of likely N-dealkylation sites (tertiary alicyclic amines) is 1. The largest absolute Gasteiger partial charge is 0.453 e. The Hall–Kier alpha value is -2.30. The van der Waals surface area contributed by atoms with Gasteiger partial charge in [0.25, 0.3) is 0 Å². The first-order valence-electron chi connectivity index (χ1n) is 8.37. The van der Waals surface area contributed by atoms with Crippen molar-refractivity contribution in [2.24, 2.45) is 0 Å². The van der Waals surface area contributed by atoms with E-state index in [1.165, 1.54) is 0 Å². The van der Waals surface area contributed by atoms with Gasteiger partial charge in [0.1, 0.15) is 17.2 Å². The van der Waals surface area contributed by atoms with Crippen LogP contribution in [0.1, 0.15) is 50.6 Å². The molecule has 1 aromatic carbocycles. The summed E-state index contributed by atoms with van der Waals surface area (Å²) in [5, 5.41) is 0.889. The van der Waals surface area contributed by atoms with Gasteiger partial charge in [-0.2, -0.15) is 0 Å². The standard InChI is InChI=1S/C19H23NO4/c1-19(2,3)24-18(22)20-11-7-6-9-14(20)17(21)16-12-13-8-4-5-10-15(13)23-16/h4-5,8,10,12,14H,6-7,9,11H2,1-3H3/t14-/m1/s1. The number of piperidine rings is 1. The number of benzene rings is 1. The average Bonchev–Trinajstić information content (AvgIpc) is 2.96. The third-order valence-electron chi connectivity index (χ3n) is 4.10. The summed E-state index contributed by atoms with van der Waals surface area (Å²) in [6.07, 6.45) is 1.99. The molecule has 1 fully saturated rings. The zero-order valence-corrected chi connectivity index (χ0v) is 14.4. The predicted molar refractivity (Wildman–Crippen MR) is 91.1 cm³/mol. The van der Waals surface area contributed by atoms with E-state index in [1.807, 2.05) is 45.0 Å². The summed E-state index contributed by atoms with van der Waals surface area (Å²) in [6, 6.07) is 8.74. The SMILES string of the molecule is CC(C)(C)OC(=O)N1CCCC[C@@H]1C(=O)c1cc2ccccc2o1. The zero-order chi connectivity index (χ0) is 17.3. The van der Waals surface area contributed by atoms with Crippen LogP contribution in [-0.4, -0.2) is 35.0 Å². The Bertz CT molecular complexity index is 723. The lowest BCUT2D eigenvalue weighted by Gasteiger charge is -2.35. The molecule has 2 heterocycles. The van der Waals surface area contributed by atoms with Crippen LogP contribution in [0.15, 0.2) is 34.7 Å². The smallest absolute Gasteiger partial charge is 0.410 e. The van der Waals surface area contributed by atoms with Crippen molar-refractivity contribution in [3.05, 3.63) is 36.1 Å². The molecule has 5 nitrogen and oxygen atoms in total. The Labute approximate surface area is 141 Å². The van der Waals surface area contributed by atoms with Gasteiger partial charge in [-0.3, -0.25) is 9.69 Å². The van der Waals surface area contributed by atoms with Crippen LogP contribution in [0.4, 0.5) is 4.79 Å². The summed E-state index contributed by atoms with van der Waals surface area (Å²) in [4.78, 5) is 26.9. The molecule has 1 atom stereocenters. The maximum absolute atomic E-state index is 12.9. The summed E-state index contributed by atoms with van der Waals surface area (Å²) < 4.78 is 11.1. The molecule has 128 valence electrons. The summed E-state index contributed by atoms with van der Waals surface area (Å²) in [5.74, 6) is 0.147. The number of carbonyl (C=O) groups excluding carboxylic acids is 2. The van der Waals surface area contributed by atoms with E-state index in [4.69, 9.17) is 9.15 Å². The highest BCUT2D eigenvalue weighted by Gasteiger charge is 2.36. The molecular formula is C19H23NO4. The van der Waals surface area contributed by atoms with E-state index in [-0.39, 0.29) is 5.78 Å². The fraction of sp³-hybridized carbons (Fsp3) is 0.474. The Morgan fingerprint density at radius 3 is 2.67 bits per heavy atom. The number of carbonyl (C=O) groups is 2. The van der Waals surface area contributed by atoms with E-state index < -0.39 is 17.7 Å². The topological polar surface area (TPSA) is 59.8 Å². The lowest BCUT2D eigenvalue weighted by atomic mass is 9.97. The van der Waals surface area contributed by atoms with Gasteiger partial charge < -0.3 is 9.15 Å². The van der Waals surface area contributed by atoms with Crippen molar-refractivity contribution in [2.75, 3.05) is 6.54 Å². The number of furan rings is 1. The molecule has 5 heteroatoms. The number of nitrogens with zero attached hydrogens (tertiary/aromatic N) is 1. The van der Waals surface area contributed by atoms with Crippen molar-refractivity contribution in [1.82, 2.24) is 4.90 Å². The fourth-order valence-corrected chi connectivity index (χ4v) is 3.01. The lowest BCUT2D eigenvalue weighted by molar-refractivity contribution is 0.0101. The molecule has 2 aromatic rings. The van der Waals surface area contributed by atoms with Crippen LogP contribution < -0.4 is 0 Å². The first kappa shape index (κ1) is 16.6. The van der Waals surface area contributed by atoms with E-state index in [1.54, 1.807) is 11.0 Å². The Balaban J connectivity index is 1.84. The second kappa shape index (κ2) is 6.30. The number of ether oxygens (including phenoxy) is 1. The first-order valence-corrected chi connectivity index (χ1v) is 8.37. The molecule has 1 saturated heterocycles. The monoisotopic (exact) mass is 329 g/mol. The zero-order valence-electron chi connectivity index (χ0n) is 14.4. The van der Waals surface area contributed by atoms with Crippen molar-refractivity contribution >= 4 is 22.8 Å². The maximum atomic E-state index is 12.9. The van der Waals surface area contributed by atoms with Crippen molar-refractivity contribution in [3.8, 4) is 0 Å². The number of hydrogen-bond acceptors (Lipinski definition) is 4. The second-order valence-electron chi connectivity index (χ2n) is 7.20. The number of hydrogen-bond donors (Lipinski definition) is 0. The van der Waals surface area contributed by atoms with Gasteiger partial charge in [-0.15, -0.1) is 0 Å². The van der Waals surface area contributed by atoms with Crippen LogP contribution in [0.5, 0.6) is 0 Å². The molecule has 0 unspecified atom stereocenters. The summed E-state index contributed by atoms with van der Waals surface area (Å²) >= 11 is 0. The first-order chi connectivity index (χ1) is 11.3. The second-order valence-corrected chi connectivity index (χ2v) is 7.20. The van der Waals surface area contributed by atoms with Gasteiger partial charge in [0, 0.05) is 11.9 Å². The number of para-hydroxylation sites is 1. The van der Waals surface area contributed by atoms with Crippen LogP contribution in [-0.2, 0) is 4.74 Å². The predicted octanol–water partition coefficient (Wildman–Crippen LogP) is 4.41. The quantitative estimate of drug-likeness (QED) is 0.766. The molecule has 0 radical (unpaired) electrons. The van der Waals surface area contributed by atoms with E-state index in [0.717, 1.165) is 18.2 Å². The fourth-order valence-electron chi connectivity index (χ4n) is 3.01. The molecule has 3 rings (SSSR count). The van der Waals surface area contributed by atoms with Crippen molar-refractivity contribution in [1.29, 1.82) is 0 Å². The van der Waals surface area contributed by atoms with Crippen LogP contribution in [0.25, 0.3) is 11.0 Å². The minimum atomic E-state index is -0.582. The van der Waals surface area contributed by atoms with Crippen molar-refractivity contribution in [3.63, 3.8) is 0 Å². The highest BCUT2D eigenvalue weighted by Crippen LogP contribution is 2.26. The molecule has 1 amide bonds. The summed E-state index contributed by atoms with van der Waals surface area (Å²) in [7, 11) is 0. The van der Waals surface area contributed by atoms with Gasteiger partial charge >= 0.3 is 6.09 Å². The molecule has 1 aromatic heterocycles. The van der Waals surface area contributed by atoms with E-state index >= 15 is 0 Å². The third kappa shape index (κ3) is 3.45. The number of Topliss-reactive ketones (excluding diaryl/α,β-unsaturated/α-hetero) is 1. The summed E-state index contributed by atoms with van der Waals surface area (Å²) in [5.41, 5.74) is 0.0991. The molecule has 0 bridgehead atoms. The molecule has 0 spiro atoms. The Kier molecular flexibility index (Phi) is 4.35. The maximum Gasteiger partial charge on any atom is 0.410 e. The molecule has 0 N–H and O–H groups in total. The van der Waals surface area contributed by atoms with Gasteiger partial charge in [0.05, 0.1) is 0 Å². The normalized spacial score (nSPS) is 18.6. The number of fused-ring (bicyclic) bond motifs is 1. The van der Waals surface area contributed by atoms with Gasteiger partial charge in [0.2, 0.25) is 5.78 Å². The Morgan fingerprint density at radius 2 is 1.96 bits per heavy atom. The number of amides is 1. The molecule has 1 aliphatic rings. The molecule has 24 heavy (non-hydrogen) atoms. The van der Waals surface area contributed by atoms with Gasteiger partial charge in [-0.1, -0.05) is 18.2 Å². The molecule has 0 aliphatic carbocycles.